The van der Waals surface area contributed by atoms with Gasteiger partial charge in [0.25, 0.3) is 5.56 Å². The number of aryl methyl sites for hydroxylation is 1. The summed E-state index contributed by atoms with van der Waals surface area (Å²) in [6, 6.07) is 7.42. The highest BCUT2D eigenvalue weighted by Gasteiger charge is 2.26. The summed E-state index contributed by atoms with van der Waals surface area (Å²) in [6.45, 7) is 2.33. The van der Waals surface area contributed by atoms with E-state index in [4.69, 9.17) is 0 Å². The summed E-state index contributed by atoms with van der Waals surface area (Å²) in [6.07, 6.45) is 7.42. The molecule has 0 aromatic carbocycles. The minimum absolute atomic E-state index is 0.0749. The Morgan fingerprint density at radius 1 is 1.15 bits per heavy atom. The van der Waals surface area contributed by atoms with Crippen LogP contribution in [-0.2, 0) is 20.1 Å². The summed E-state index contributed by atoms with van der Waals surface area (Å²) >= 11 is 0. The van der Waals surface area contributed by atoms with Gasteiger partial charge < -0.3 is 0 Å². The van der Waals surface area contributed by atoms with Gasteiger partial charge >= 0.3 is 0 Å². The zero-order chi connectivity index (χ0) is 17.9. The van der Waals surface area contributed by atoms with Gasteiger partial charge in [-0.2, -0.15) is 20.1 Å². The lowest BCUT2D eigenvalue weighted by Gasteiger charge is -2.23. The van der Waals surface area contributed by atoms with Crippen LogP contribution in [0.2, 0.25) is 0 Å². The number of likely N-dealkylation sites (tertiary alicyclic amines) is 1. The zero-order valence-corrected chi connectivity index (χ0v) is 14.7. The van der Waals surface area contributed by atoms with Crippen LogP contribution in [0.25, 0.3) is 11.3 Å². The van der Waals surface area contributed by atoms with E-state index in [0.717, 1.165) is 42.9 Å². The summed E-state index contributed by atoms with van der Waals surface area (Å²) in [5, 5.41) is 13.1. The molecule has 1 fully saturated rings. The highest BCUT2D eigenvalue weighted by atomic mass is 16.1. The molecule has 0 radical (unpaired) electrons. The molecular weight excluding hydrogens is 330 g/mol. The fraction of sp³-hybridized carbons (Fsp3) is 0.389. The topological polar surface area (TPSA) is 81.7 Å². The number of hydrogen-bond acceptors (Lipinski definition) is 6. The van der Waals surface area contributed by atoms with E-state index in [9.17, 15) is 4.79 Å². The molecule has 0 amide bonds. The molecule has 0 aliphatic carbocycles. The molecule has 134 valence electrons. The highest BCUT2D eigenvalue weighted by molar-refractivity contribution is 5.56. The van der Waals surface area contributed by atoms with Gasteiger partial charge in [0, 0.05) is 43.7 Å². The van der Waals surface area contributed by atoms with Gasteiger partial charge in [0.15, 0.2) is 0 Å². The van der Waals surface area contributed by atoms with Crippen LogP contribution < -0.4 is 5.56 Å². The van der Waals surface area contributed by atoms with Gasteiger partial charge in [0.2, 0.25) is 0 Å². The molecule has 3 aromatic heterocycles. The second kappa shape index (κ2) is 7.17. The second-order valence-corrected chi connectivity index (χ2v) is 6.57. The Morgan fingerprint density at radius 3 is 2.77 bits per heavy atom. The molecule has 3 aromatic rings. The lowest BCUT2D eigenvalue weighted by molar-refractivity contribution is 0.214. The molecule has 8 nitrogen and oxygen atoms in total. The normalized spacial score (nSPS) is 17.7. The molecule has 0 bridgehead atoms. The third-order valence-corrected chi connectivity index (χ3v) is 4.74. The standard InChI is InChI=1S/C18H21N7O/c1-23-20-11-15(21-23)12-24-10-2-3-16(24)13-25-18(26)5-4-17(22-25)14-6-8-19-9-7-14/h4-9,11,16H,2-3,10,12-13H2,1H3. The van der Waals surface area contributed by atoms with Crippen molar-refractivity contribution < 1.29 is 0 Å². The molecule has 26 heavy (non-hydrogen) atoms. The van der Waals surface area contributed by atoms with Crippen LogP contribution in [0.4, 0.5) is 0 Å². The van der Waals surface area contributed by atoms with Gasteiger partial charge in [-0.3, -0.25) is 14.7 Å². The van der Waals surface area contributed by atoms with Gasteiger partial charge in [-0.1, -0.05) is 0 Å². The number of aromatic nitrogens is 6. The lowest BCUT2D eigenvalue weighted by Crippen LogP contribution is -2.36. The van der Waals surface area contributed by atoms with Crippen LogP contribution in [0.1, 0.15) is 18.5 Å². The average Bonchev–Trinajstić information content (AvgIpc) is 3.27. The largest absolute Gasteiger partial charge is 0.293 e. The van der Waals surface area contributed by atoms with E-state index < -0.39 is 0 Å². The van der Waals surface area contributed by atoms with E-state index in [-0.39, 0.29) is 11.6 Å². The smallest absolute Gasteiger partial charge is 0.266 e. The minimum Gasteiger partial charge on any atom is -0.293 e. The van der Waals surface area contributed by atoms with E-state index in [0.29, 0.717) is 6.54 Å². The quantitative estimate of drug-likeness (QED) is 0.685. The molecule has 1 atom stereocenters. The third-order valence-electron chi connectivity index (χ3n) is 4.74. The Hall–Kier alpha value is -2.87. The Labute approximate surface area is 151 Å². The van der Waals surface area contributed by atoms with Crippen molar-refractivity contribution in [3.63, 3.8) is 0 Å². The Kier molecular flexibility index (Phi) is 4.57. The molecule has 8 heteroatoms. The molecule has 1 aliphatic heterocycles. The second-order valence-electron chi connectivity index (χ2n) is 6.57. The first kappa shape index (κ1) is 16.6. The number of nitrogens with zero attached hydrogens (tertiary/aromatic N) is 7. The van der Waals surface area contributed by atoms with Crippen molar-refractivity contribution in [1.29, 1.82) is 0 Å². The average molecular weight is 351 g/mol. The summed E-state index contributed by atoms with van der Waals surface area (Å²) in [5.41, 5.74) is 2.61. The Bertz CT molecular complexity index is 934. The fourth-order valence-corrected chi connectivity index (χ4v) is 3.43. The van der Waals surface area contributed by atoms with Gasteiger partial charge in [-0.25, -0.2) is 4.68 Å². The first-order valence-corrected chi connectivity index (χ1v) is 8.77. The van der Waals surface area contributed by atoms with Crippen LogP contribution in [0, 0.1) is 0 Å². The van der Waals surface area contributed by atoms with E-state index >= 15 is 0 Å². The number of rotatable bonds is 5. The van der Waals surface area contributed by atoms with Gasteiger partial charge in [-0.15, -0.1) is 0 Å². The number of hydrogen-bond donors (Lipinski definition) is 0. The first-order chi connectivity index (χ1) is 12.7. The minimum atomic E-state index is -0.0749. The summed E-state index contributed by atoms with van der Waals surface area (Å²) in [5.74, 6) is 0. The SMILES string of the molecule is Cn1ncc(CN2CCCC2Cn2nc(-c3ccncc3)ccc2=O)n1. The predicted molar refractivity (Wildman–Crippen MR) is 96.2 cm³/mol. The Balaban J connectivity index is 1.53. The molecule has 1 aliphatic rings. The maximum atomic E-state index is 12.3. The van der Waals surface area contributed by atoms with Gasteiger partial charge in [0.05, 0.1) is 24.1 Å². The molecule has 1 saturated heterocycles. The van der Waals surface area contributed by atoms with Crippen molar-refractivity contribution in [2.24, 2.45) is 7.05 Å². The first-order valence-electron chi connectivity index (χ1n) is 8.77. The molecular formula is C18H21N7O. The van der Waals surface area contributed by atoms with E-state index in [1.165, 1.54) is 0 Å². The lowest BCUT2D eigenvalue weighted by atomic mass is 10.2. The third kappa shape index (κ3) is 3.55. The predicted octanol–water partition coefficient (Wildman–Crippen LogP) is 1.10. The summed E-state index contributed by atoms with van der Waals surface area (Å²) in [4.78, 5) is 20.3. The molecule has 0 N–H and O–H groups in total. The molecule has 1 unspecified atom stereocenters. The Morgan fingerprint density at radius 2 is 2.00 bits per heavy atom. The van der Waals surface area contributed by atoms with Gasteiger partial charge in [-0.05, 0) is 37.6 Å². The fourth-order valence-electron chi connectivity index (χ4n) is 3.43. The van der Waals surface area contributed by atoms with Crippen molar-refractivity contribution in [2.45, 2.75) is 32.0 Å². The van der Waals surface area contributed by atoms with Gasteiger partial charge in [0.1, 0.15) is 0 Å². The van der Waals surface area contributed by atoms with Crippen LogP contribution in [0.3, 0.4) is 0 Å². The van der Waals surface area contributed by atoms with Crippen molar-refractivity contribution in [2.75, 3.05) is 6.54 Å². The zero-order valence-electron chi connectivity index (χ0n) is 14.7. The maximum Gasteiger partial charge on any atom is 0.266 e. The monoisotopic (exact) mass is 351 g/mol. The van der Waals surface area contributed by atoms with Crippen LogP contribution in [0.5, 0.6) is 0 Å². The van der Waals surface area contributed by atoms with Crippen LogP contribution in [0.15, 0.2) is 47.7 Å². The van der Waals surface area contributed by atoms with Crippen molar-refractivity contribution >= 4 is 0 Å². The maximum absolute atomic E-state index is 12.3. The molecule has 4 heterocycles. The van der Waals surface area contributed by atoms with E-state index in [1.54, 1.807) is 40.2 Å². The molecule has 0 spiro atoms. The summed E-state index contributed by atoms with van der Waals surface area (Å²) in [7, 11) is 1.82. The molecule has 0 saturated carbocycles. The summed E-state index contributed by atoms with van der Waals surface area (Å²) < 4.78 is 1.58. The van der Waals surface area contributed by atoms with Crippen LogP contribution >= 0.6 is 0 Å². The van der Waals surface area contributed by atoms with Crippen molar-refractivity contribution in [3.05, 3.63) is 58.9 Å². The van der Waals surface area contributed by atoms with E-state index in [2.05, 4.69) is 25.2 Å². The highest BCUT2D eigenvalue weighted by Crippen LogP contribution is 2.21. The number of pyridine rings is 1. The van der Waals surface area contributed by atoms with Crippen molar-refractivity contribution in [3.8, 4) is 11.3 Å². The van der Waals surface area contributed by atoms with Crippen LogP contribution in [-0.4, -0.2) is 47.2 Å². The van der Waals surface area contributed by atoms with Crippen molar-refractivity contribution in [1.82, 2.24) is 34.7 Å². The van der Waals surface area contributed by atoms with E-state index in [1.807, 2.05) is 19.2 Å². The molecule has 4 rings (SSSR count).